The van der Waals surface area contributed by atoms with Crippen LogP contribution in [0.3, 0.4) is 0 Å². The van der Waals surface area contributed by atoms with Crippen molar-refractivity contribution in [1.29, 1.82) is 0 Å². The lowest BCUT2D eigenvalue weighted by molar-refractivity contribution is -0.123. The van der Waals surface area contributed by atoms with E-state index in [-0.39, 0.29) is 11.8 Å². The number of benzene rings is 1. The van der Waals surface area contributed by atoms with Gasteiger partial charge in [0, 0.05) is 30.2 Å². The Morgan fingerprint density at radius 3 is 2.05 bits per heavy atom. The van der Waals surface area contributed by atoms with E-state index in [1.807, 2.05) is 26.0 Å². The zero-order valence-corrected chi connectivity index (χ0v) is 12.8. The van der Waals surface area contributed by atoms with Gasteiger partial charge in [-0.3, -0.25) is 4.79 Å². The van der Waals surface area contributed by atoms with Crippen LogP contribution in [-0.4, -0.2) is 33.8 Å². The maximum atomic E-state index is 11.5. The summed E-state index contributed by atoms with van der Waals surface area (Å²) in [6.07, 6.45) is 0.634. The molecule has 5 heteroatoms. The molecule has 1 N–H and O–H groups in total. The van der Waals surface area contributed by atoms with E-state index in [1.165, 1.54) is 0 Å². The van der Waals surface area contributed by atoms with Gasteiger partial charge >= 0.3 is 0 Å². The molecule has 1 rings (SSSR count). The molecule has 0 aliphatic carbocycles. The molecule has 0 bridgehead atoms. The fourth-order valence-electron chi connectivity index (χ4n) is 1.84. The first-order valence-corrected chi connectivity index (χ1v) is 6.60. The highest BCUT2D eigenvalue weighted by atomic mass is 16.5. The van der Waals surface area contributed by atoms with Crippen molar-refractivity contribution in [3.8, 4) is 17.2 Å². The molecule has 112 valence electrons. The quantitative estimate of drug-likeness (QED) is 0.831. The largest absolute Gasteiger partial charge is 0.496 e. The molecular weight excluding hydrogens is 258 g/mol. The lowest BCUT2D eigenvalue weighted by atomic mass is 10.1. The van der Waals surface area contributed by atoms with E-state index in [9.17, 15) is 4.79 Å². The Hall–Kier alpha value is -1.91. The van der Waals surface area contributed by atoms with Crippen LogP contribution >= 0.6 is 0 Å². The smallest absolute Gasteiger partial charge is 0.222 e. The summed E-state index contributed by atoms with van der Waals surface area (Å²) >= 11 is 0. The number of rotatable bonds is 7. The maximum Gasteiger partial charge on any atom is 0.222 e. The predicted molar refractivity (Wildman–Crippen MR) is 77.6 cm³/mol. The Morgan fingerprint density at radius 2 is 1.65 bits per heavy atom. The first-order chi connectivity index (χ1) is 9.53. The van der Waals surface area contributed by atoms with Crippen molar-refractivity contribution >= 4 is 5.91 Å². The zero-order chi connectivity index (χ0) is 15.1. The summed E-state index contributed by atoms with van der Waals surface area (Å²) < 4.78 is 15.9. The van der Waals surface area contributed by atoms with Crippen molar-refractivity contribution in [2.24, 2.45) is 5.92 Å². The second-order valence-corrected chi connectivity index (χ2v) is 4.71. The van der Waals surface area contributed by atoms with E-state index in [2.05, 4.69) is 5.32 Å². The molecule has 0 saturated carbocycles. The summed E-state index contributed by atoms with van der Waals surface area (Å²) in [6, 6.07) is 3.62. The molecule has 0 aromatic heterocycles. The summed E-state index contributed by atoms with van der Waals surface area (Å²) in [7, 11) is 4.80. The van der Waals surface area contributed by atoms with Crippen molar-refractivity contribution < 1.29 is 19.0 Å². The molecule has 0 aliphatic heterocycles. The number of hydrogen-bond donors (Lipinski definition) is 1. The van der Waals surface area contributed by atoms with Gasteiger partial charge in [0.05, 0.1) is 21.3 Å². The number of hydrogen-bond acceptors (Lipinski definition) is 4. The highest BCUT2D eigenvalue weighted by molar-refractivity contribution is 5.77. The molecule has 1 amide bonds. The molecule has 0 saturated heterocycles. The molecule has 5 nitrogen and oxygen atoms in total. The summed E-state index contributed by atoms with van der Waals surface area (Å²) in [5, 5.41) is 2.88. The Labute approximate surface area is 120 Å². The fraction of sp³-hybridized carbons (Fsp3) is 0.533. The Morgan fingerprint density at radius 1 is 1.10 bits per heavy atom. The lowest BCUT2D eigenvalue weighted by Crippen LogP contribution is -2.29. The molecule has 0 fully saturated rings. The van der Waals surface area contributed by atoms with Crippen LogP contribution in [0.2, 0.25) is 0 Å². The third-order valence-electron chi connectivity index (χ3n) is 3.02. The molecular formula is C15H23NO4. The summed E-state index contributed by atoms with van der Waals surface area (Å²) in [5.41, 5.74) is 0.917. The minimum atomic E-state index is -0.0188. The minimum absolute atomic E-state index is 0.0188. The lowest BCUT2D eigenvalue weighted by Gasteiger charge is -2.15. The van der Waals surface area contributed by atoms with E-state index in [0.29, 0.717) is 30.2 Å². The van der Waals surface area contributed by atoms with Crippen molar-refractivity contribution in [3.05, 3.63) is 17.7 Å². The second kappa shape index (κ2) is 7.62. The van der Waals surface area contributed by atoms with Crippen molar-refractivity contribution in [1.82, 2.24) is 5.32 Å². The molecule has 1 aromatic rings. The normalized spacial score (nSPS) is 10.3. The number of nitrogens with one attached hydrogen (secondary N) is 1. The highest BCUT2D eigenvalue weighted by Gasteiger charge is 2.14. The molecule has 0 unspecified atom stereocenters. The minimum Gasteiger partial charge on any atom is -0.496 e. The first kappa shape index (κ1) is 16.1. The van der Waals surface area contributed by atoms with Gasteiger partial charge in [0.25, 0.3) is 0 Å². The van der Waals surface area contributed by atoms with E-state index in [0.717, 1.165) is 5.56 Å². The zero-order valence-electron chi connectivity index (χ0n) is 12.8. The van der Waals surface area contributed by atoms with E-state index >= 15 is 0 Å². The first-order valence-electron chi connectivity index (χ1n) is 6.60. The van der Waals surface area contributed by atoms with Crippen LogP contribution in [0.15, 0.2) is 12.1 Å². The number of carbonyl (C=O) groups excluding carboxylic acids is 1. The van der Waals surface area contributed by atoms with Crippen LogP contribution in [0, 0.1) is 5.92 Å². The van der Waals surface area contributed by atoms with Crippen LogP contribution in [0.25, 0.3) is 0 Å². The van der Waals surface area contributed by atoms with Gasteiger partial charge < -0.3 is 19.5 Å². The molecule has 0 atom stereocenters. The molecule has 0 radical (unpaired) electrons. The van der Waals surface area contributed by atoms with Gasteiger partial charge in [0.1, 0.15) is 17.2 Å². The van der Waals surface area contributed by atoms with Crippen molar-refractivity contribution in [2.45, 2.75) is 20.3 Å². The van der Waals surface area contributed by atoms with Gasteiger partial charge in [-0.15, -0.1) is 0 Å². The van der Waals surface area contributed by atoms with Crippen LogP contribution in [0.5, 0.6) is 17.2 Å². The monoisotopic (exact) mass is 281 g/mol. The number of carbonyl (C=O) groups is 1. The van der Waals surface area contributed by atoms with Gasteiger partial charge in [-0.1, -0.05) is 13.8 Å². The SMILES string of the molecule is COc1cc(OC)c(CCNC(=O)C(C)C)c(OC)c1. The standard InChI is InChI=1S/C15H23NO4/c1-10(2)15(17)16-7-6-12-13(19-4)8-11(18-3)9-14(12)20-5/h8-10H,6-7H2,1-5H3,(H,16,17). The van der Waals surface area contributed by atoms with Crippen LogP contribution < -0.4 is 19.5 Å². The number of amides is 1. The van der Waals surface area contributed by atoms with Gasteiger partial charge in [0.15, 0.2) is 0 Å². The maximum absolute atomic E-state index is 11.5. The second-order valence-electron chi connectivity index (χ2n) is 4.71. The molecule has 0 heterocycles. The van der Waals surface area contributed by atoms with Crippen molar-refractivity contribution in [3.63, 3.8) is 0 Å². The van der Waals surface area contributed by atoms with E-state index < -0.39 is 0 Å². The summed E-state index contributed by atoms with van der Waals surface area (Å²) in [4.78, 5) is 11.5. The van der Waals surface area contributed by atoms with Crippen LogP contribution in [-0.2, 0) is 11.2 Å². The van der Waals surface area contributed by atoms with Gasteiger partial charge in [-0.05, 0) is 6.42 Å². The van der Waals surface area contributed by atoms with Gasteiger partial charge in [0.2, 0.25) is 5.91 Å². The summed E-state index contributed by atoms with van der Waals surface area (Å²) in [6.45, 7) is 4.27. The highest BCUT2D eigenvalue weighted by Crippen LogP contribution is 2.34. The van der Waals surface area contributed by atoms with Gasteiger partial charge in [-0.25, -0.2) is 0 Å². The molecule has 0 spiro atoms. The summed E-state index contributed by atoms with van der Waals surface area (Å²) in [5.74, 6) is 2.08. The molecule has 0 aliphatic rings. The topological polar surface area (TPSA) is 56.8 Å². The van der Waals surface area contributed by atoms with Crippen molar-refractivity contribution in [2.75, 3.05) is 27.9 Å². The molecule has 20 heavy (non-hydrogen) atoms. The average Bonchev–Trinajstić information content (AvgIpc) is 2.46. The predicted octanol–water partition coefficient (Wildman–Crippen LogP) is 2.03. The Kier molecular flexibility index (Phi) is 6.15. The third kappa shape index (κ3) is 4.05. The average molecular weight is 281 g/mol. The van der Waals surface area contributed by atoms with E-state index in [4.69, 9.17) is 14.2 Å². The molecule has 1 aromatic carbocycles. The third-order valence-corrected chi connectivity index (χ3v) is 3.02. The fourth-order valence-corrected chi connectivity index (χ4v) is 1.84. The van der Waals surface area contributed by atoms with E-state index in [1.54, 1.807) is 21.3 Å². The number of methoxy groups -OCH3 is 3. The van der Waals surface area contributed by atoms with Gasteiger partial charge in [-0.2, -0.15) is 0 Å². The number of ether oxygens (including phenoxy) is 3. The Balaban J connectivity index is 2.84. The van der Waals surface area contributed by atoms with Crippen LogP contribution in [0.4, 0.5) is 0 Å². The van der Waals surface area contributed by atoms with Crippen LogP contribution in [0.1, 0.15) is 19.4 Å². The Bertz CT molecular complexity index is 432.